The highest BCUT2D eigenvalue weighted by Gasteiger charge is 2.43. The molecule has 1 spiro atoms. The quantitative estimate of drug-likeness (QED) is 0.251. The molecule has 1 atom stereocenters. The van der Waals surface area contributed by atoms with Gasteiger partial charge in [-0.1, -0.05) is 6.07 Å². The number of hydrogen-bond acceptors (Lipinski definition) is 7. The molecular formula is C36H42N10O3. The van der Waals surface area contributed by atoms with Crippen molar-refractivity contribution >= 4 is 39.7 Å². The molecule has 3 aliphatic heterocycles. The molecule has 0 aliphatic carbocycles. The number of benzene rings is 1. The van der Waals surface area contributed by atoms with Crippen LogP contribution in [-0.4, -0.2) is 96.8 Å². The number of H-pyrrole nitrogens is 2. The van der Waals surface area contributed by atoms with Gasteiger partial charge in [-0.25, -0.2) is 14.6 Å². The molecule has 49 heavy (non-hydrogen) atoms. The molecule has 4 aromatic heterocycles. The first-order valence-corrected chi connectivity index (χ1v) is 17.3. The number of aryl methyl sites for hydroxylation is 1. The maximum Gasteiger partial charge on any atom is 0.327 e. The van der Waals surface area contributed by atoms with Gasteiger partial charge in [0, 0.05) is 81.4 Å². The second-order valence-corrected chi connectivity index (χ2v) is 14.0. The average Bonchev–Trinajstić information content (AvgIpc) is 3.86. The number of nitrogens with zero attached hydrogens (tertiary/aromatic N) is 7. The number of carbonyl (C=O) groups is 2. The standard InChI is InChI=1S/C36H42N10O3/c1-24-19-25(20-26-22-39-42-31(24)26)21-29(33(47)45-18-10-36(23-45)8-16-43(17-9-36)27-4-12-37-13-5-27)40-34(48)44-14-6-28(7-15-44)46-30-3-2-11-38-32(30)41-35(46)49/h2-5,11-13,19-20,22,28-29H,6-10,14-18,21,23H2,1H3,(H,39,42)(H,40,48)(H,38,41,49). The van der Waals surface area contributed by atoms with E-state index < -0.39 is 6.04 Å². The fourth-order valence-electron chi connectivity index (χ4n) is 8.30. The molecule has 0 saturated carbocycles. The Morgan fingerprint density at radius 1 is 1.00 bits per heavy atom. The number of aromatic nitrogens is 6. The van der Waals surface area contributed by atoms with E-state index in [0.29, 0.717) is 51.1 Å². The van der Waals surface area contributed by atoms with E-state index in [1.165, 1.54) is 5.69 Å². The number of piperidine rings is 2. The summed E-state index contributed by atoms with van der Waals surface area (Å²) in [5, 5.41) is 11.4. The number of amides is 3. The average molecular weight is 663 g/mol. The van der Waals surface area contributed by atoms with Crippen molar-refractivity contribution in [1.29, 1.82) is 0 Å². The van der Waals surface area contributed by atoms with Gasteiger partial charge in [0.25, 0.3) is 0 Å². The molecule has 254 valence electrons. The van der Waals surface area contributed by atoms with Gasteiger partial charge in [-0.3, -0.25) is 24.4 Å². The molecule has 3 amide bonds. The maximum atomic E-state index is 14.4. The number of anilines is 1. The van der Waals surface area contributed by atoms with Crippen molar-refractivity contribution in [1.82, 2.24) is 44.8 Å². The summed E-state index contributed by atoms with van der Waals surface area (Å²) < 4.78 is 1.77. The summed E-state index contributed by atoms with van der Waals surface area (Å²) in [6.07, 6.45) is 11.8. The third-order valence-electron chi connectivity index (χ3n) is 11.1. The summed E-state index contributed by atoms with van der Waals surface area (Å²) in [6, 6.07) is 11.0. The van der Waals surface area contributed by atoms with Crippen molar-refractivity contribution in [3.05, 3.63) is 82.8 Å². The van der Waals surface area contributed by atoms with Crippen molar-refractivity contribution in [3.63, 3.8) is 0 Å². The molecule has 0 radical (unpaired) electrons. The van der Waals surface area contributed by atoms with E-state index in [4.69, 9.17) is 0 Å². The zero-order valence-corrected chi connectivity index (χ0v) is 27.8. The third kappa shape index (κ3) is 6.02. The largest absolute Gasteiger partial charge is 0.371 e. The summed E-state index contributed by atoms with van der Waals surface area (Å²) in [5.41, 5.74) is 5.46. The van der Waals surface area contributed by atoms with Gasteiger partial charge >= 0.3 is 11.7 Å². The lowest BCUT2D eigenvalue weighted by Crippen LogP contribution is -2.54. The molecule has 3 fully saturated rings. The topological polar surface area (TPSA) is 148 Å². The molecule has 1 aromatic carbocycles. The summed E-state index contributed by atoms with van der Waals surface area (Å²) in [4.78, 5) is 58.4. The number of hydrogen-bond donors (Lipinski definition) is 3. The Kier molecular flexibility index (Phi) is 8.04. The number of urea groups is 1. The second kappa shape index (κ2) is 12.7. The van der Waals surface area contributed by atoms with E-state index in [2.05, 4.69) is 59.6 Å². The number of fused-ring (bicyclic) bond motifs is 2. The SMILES string of the molecule is Cc1cc(CC(NC(=O)N2CCC(n3c(=O)[nH]c4ncccc43)CC2)C(=O)N2CCC3(CCN(c4ccncc4)CC3)C2)cc2cn[nH]c12. The van der Waals surface area contributed by atoms with Gasteiger partial charge in [0.05, 0.1) is 17.2 Å². The van der Waals surface area contributed by atoms with Crippen LogP contribution in [0.4, 0.5) is 10.5 Å². The van der Waals surface area contributed by atoms with Crippen LogP contribution in [-0.2, 0) is 11.2 Å². The molecule has 3 saturated heterocycles. The fraction of sp³-hybridized carbons (Fsp3) is 0.444. The Morgan fingerprint density at radius 2 is 1.78 bits per heavy atom. The van der Waals surface area contributed by atoms with Crippen LogP contribution in [0.1, 0.15) is 49.3 Å². The van der Waals surface area contributed by atoms with E-state index in [9.17, 15) is 14.4 Å². The summed E-state index contributed by atoms with van der Waals surface area (Å²) in [7, 11) is 0. The molecule has 3 aliphatic rings. The van der Waals surface area contributed by atoms with Gasteiger partial charge < -0.3 is 20.0 Å². The first-order chi connectivity index (χ1) is 23.9. The van der Waals surface area contributed by atoms with Gasteiger partial charge in [0.1, 0.15) is 6.04 Å². The highest BCUT2D eigenvalue weighted by molar-refractivity contribution is 5.88. The van der Waals surface area contributed by atoms with Crippen LogP contribution in [0.25, 0.3) is 22.1 Å². The number of rotatable bonds is 6. The van der Waals surface area contributed by atoms with Crippen LogP contribution < -0.4 is 15.9 Å². The first kappa shape index (κ1) is 31.1. The van der Waals surface area contributed by atoms with E-state index in [1.54, 1.807) is 21.9 Å². The Morgan fingerprint density at radius 3 is 2.57 bits per heavy atom. The summed E-state index contributed by atoms with van der Waals surface area (Å²) in [5.74, 6) is -0.0283. The molecule has 7 heterocycles. The fourth-order valence-corrected chi connectivity index (χ4v) is 8.30. The van der Waals surface area contributed by atoms with E-state index >= 15 is 0 Å². The van der Waals surface area contributed by atoms with E-state index in [-0.39, 0.29) is 29.1 Å². The van der Waals surface area contributed by atoms with Crippen molar-refractivity contribution in [2.45, 2.75) is 57.5 Å². The first-order valence-electron chi connectivity index (χ1n) is 17.3. The molecular weight excluding hydrogens is 620 g/mol. The molecule has 1 unspecified atom stereocenters. The van der Waals surface area contributed by atoms with Crippen LogP contribution in [0.15, 0.2) is 66.0 Å². The van der Waals surface area contributed by atoms with Crippen LogP contribution in [0.3, 0.4) is 0 Å². The number of carbonyl (C=O) groups excluding carboxylic acids is 2. The lowest BCUT2D eigenvalue weighted by molar-refractivity contribution is -0.132. The highest BCUT2D eigenvalue weighted by atomic mass is 16.2. The number of imidazole rings is 1. The minimum Gasteiger partial charge on any atom is -0.371 e. The molecule has 5 aromatic rings. The number of likely N-dealkylation sites (tertiary alicyclic amines) is 2. The summed E-state index contributed by atoms with van der Waals surface area (Å²) in [6.45, 7) is 6.30. The van der Waals surface area contributed by atoms with E-state index in [0.717, 1.165) is 59.9 Å². The molecule has 13 heteroatoms. The van der Waals surface area contributed by atoms with Crippen molar-refractivity contribution in [2.24, 2.45) is 5.41 Å². The van der Waals surface area contributed by atoms with Gasteiger partial charge in [0.2, 0.25) is 5.91 Å². The Hall–Kier alpha value is -5.20. The van der Waals surface area contributed by atoms with Gasteiger partial charge in [-0.05, 0) is 85.9 Å². The van der Waals surface area contributed by atoms with Gasteiger partial charge in [0.15, 0.2) is 5.65 Å². The normalized spacial score (nSPS) is 18.8. The second-order valence-electron chi connectivity index (χ2n) is 14.0. The smallest absolute Gasteiger partial charge is 0.327 e. The number of pyridine rings is 2. The van der Waals surface area contributed by atoms with E-state index in [1.807, 2.05) is 36.4 Å². The minimum absolute atomic E-state index is 0.0283. The highest BCUT2D eigenvalue weighted by Crippen LogP contribution is 2.41. The van der Waals surface area contributed by atoms with Crippen molar-refractivity contribution in [2.75, 3.05) is 44.2 Å². The van der Waals surface area contributed by atoms with Crippen LogP contribution >= 0.6 is 0 Å². The Balaban J connectivity index is 0.965. The zero-order valence-electron chi connectivity index (χ0n) is 27.8. The van der Waals surface area contributed by atoms with Crippen LogP contribution in [0.2, 0.25) is 0 Å². The summed E-state index contributed by atoms with van der Waals surface area (Å²) >= 11 is 0. The van der Waals surface area contributed by atoms with Crippen molar-refractivity contribution < 1.29 is 9.59 Å². The van der Waals surface area contributed by atoms with Gasteiger partial charge in [-0.15, -0.1) is 0 Å². The Labute approximate surface area is 283 Å². The predicted molar refractivity (Wildman–Crippen MR) is 186 cm³/mol. The maximum absolute atomic E-state index is 14.4. The molecule has 3 N–H and O–H groups in total. The van der Waals surface area contributed by atoms with Crippen LogP contribution in [0.5, 0.6) is 0 Å². The molecule has 0 bridgehead atoms. The third-order valence-corrected chi connectivity index (χ3v) is 11.1. The monoisotopic (exact) mass is 662 g/mol. The number of nitrogens with one attached hydrogen (secondary N) is 3. The zero-order chi connectivity index (χ0) is 33.5. The molecule has 8 rings (SSSR count). The lowest BCUT2D eigenvalue weighted by Gasteiger charge is -2.40. The predicted octanol–water partition coefficient (Wildman–Crippen LogP) is 3.78. The number of aromatic amines is 2. The van der Waals surface area contributed by atoms with Crippen LogP contribution in [0, 0.1) is 12.3 Å². The lowest BCUT2D eigenvalue weighted by atomic mass is 9.77. The van der Waals surface area contributed by atoms with Gasteiger partial charge in [-0.2, -0.15) is 5.10 Å². The Bertz CT molecular complexity index is 2040. The van der Waals surface area contributed by atoms with Crippen molar-refractivity contribution in [3.8, 4) is 0 Å². The minimum atomic E-state index is -0.705. The molecule has 13 nitrogen and oxygen atoms in total.